The fraction of sp³-hybridized carbons (Fsp3) is 0.208. The third-order valence-electron chi connectivity index (χ3n) is 5.29. The molecule has 8 heteroatoms. The van der Waals surface area contributed by atoms with Gasteiger partial charge in [-0.25, -0.2) is 21.7 Å². The number of halogens is 1. The summed E-state index contributed by atoms with van der Waals surface area (Å²) in [6.07, 6.45) is 3.17. The maximum Gasteiger partial charge on any atom is 0.269 e. The first-order valence-corrected chi connectivity index (χ1v) is 13.0. The summed E-state index contributed by atoms with van der Waals surface area (Å²) in [5.74, 6) is 0. The fourth-order valence-electron chi connectivity index (χ4n) is 3.56. The van der Waals surface area contributed by atoms with Gasteiger partial charge in [-0.3, -0.25) is 0 Å². The molecule has 0 aliphatic rings. The Morgan fingerprint density at radius 3 is 2.38 bits per heavy atom. The van der Waals surface area contributed by atoms with Crippen LogP contribution in [0, 0.1) is 6.92 Å². The highest BCUT2D eigenvalue weighted by molar-refractivity contribution is 7.97. The molecule has 2 aromatic heterocycles. The maximum atomic E-state index is 13.5. The maximum absolute atomic E-state index is 13.5. The van der Waals surface area contributed by atoms with Crippen LogP contribution in [0.2, 0.25) is 5.02 Å². The molecule has 0 radical (unpaired) electrons. The molecule has 0 aliphatic heterocycles. The van der Waals surface area contributed by atoms with E-state index in [2.05, 4.69) is 23.1 Å². The van der Waals surface area contributed by atoms with Crippen molar-refractivity contribution in [2.24, 2.45) is 0 Å². The van der Waals surface area contributed by atoms with Crippen molar-refractivity contribution in [3.63, 3.8) is 0 Å². The average Bonchev–Trinajstić information content (AvgIpc) is 3.20. The Morgan fingerprint density at radius 2 is 1.69 bits per heavy atom. The Bertz CT molecular complexity index is 1360. The van der Waals surface area contributed by atoms with Crippen LogP contribution in [0.1, 0.15) is 19.4 Å². The highest BCUT2D eigenvalue weighted by Gasteiger charge is 2.25. The predicted octanol–water partition coefficient (Wildman–Crippen LogP) is 6.25. The first kappa shape index (κ1) is 22.9. The molecule has 4 aromatic rings. The van der Waals surface area contributed by atoms with Gasteiger partial charge in [0.1, 0.15) is 0 Å². The van der Waals surface area contributed by atoms with Crippen molar-refractivity contribution in [1.82, 2.24) is 13.3 Å². The molecule has 0 amide bonds. The Morgan fingerprint density at radius 1 is 1.00 bits per heavy atom. The summed E-state index contributed by atoms with van der Waals surface area (Å²) >= 11 is 8.24. The zero-order valence-electron chi connectivity index (χ0n) is 18.1. The second-order valence-corrected chi connectivity index (χ2v) is 10.7. The third kappa shape index (κ3) is 4.18. The van der Waals surface area contributed by atoms with E-state index in [0.717, 1.165) is 34.7 Å². The summed E-state index contributed by atoms with van der Waals surface area (Å²) in [6, 6.07) is 16.5. The predicted molar refractivity (Wildman–Crippen MR) is 133 cm³/mol. The first-order chi connectivity index (χ1) is 15.4. The van der Waals surface area contributed by atoms with Gasteiger partial charge in [0.2, 0.25) is 0 Å². The van der Waals surface area contributed by atoms with E-state index in [1.54, 1.807) is 48.5 Å². The van der Waals surface area contributed by atoms with E-state index < -0.39 is 10.0 Å². The summed E-state index contributed by atoms with van der Waals surface area (Å²) in [4.78, 5) is 5.64. The number of hydrogen-bond donors (Lipinski definition) is 0. The van der Waals surface area contributed by atoms with E-state index in [0.29, 0.717) is 16.1 Å². The molecular formula is C24H24ClN3O2S2. The molecule has 0 atom stereocenters. The number of pyridine rings is 1. The topological polar surface area (TPSA) is 55.2 Å². The molecule has 0 bridgehead atoms. The molecule has 0 saturated carbocycles. The van der Waals surface area contributed by atoms with Gasteiger partial charge >= 0.3 is 0 Å². The molecule has 2 aromatic carbocycles. The van der Waals surface area contributed by atoms with E-state index in [9.17, 15) is 8.42 Å². The summed E-state index contributed by atoms with van der Waals surface area (Å²) in [5, 5.41) is 1.09. The van der Waals surface area contributed by atoms with Crippen LogP contribution < -0.4 is 0 Å². The van der Waals surface area contributed by atoms with Crippen molar-refractivity contribution in [1.29, 1.82) is 0 Å². The minimum Gasteiger partial charge on any atom is -0.247 e. The van der Waals surface area contributed by atoms with Crippen LogP contribution >= 0.6 is 23.5 Å². The number of aryl methyl sites for hydroxylation is 1. The van der Waals surface area contributed by atoms with Crippen LogP contribution in [0.25, 0.3) is 22.2 Å². The molecule has 0 saturated heterocycles. The normalized spacial score (nSPS) is 12.0. The number of nitrogens with zero attached hydrogens (tertiary/aromatic N) is 3. The Kier molecular flexibility index (Phi) is 6.62. The number of benzene rings is 2. The molecule has 0 fully saturated rings. The lowest BCUT2D eigenvalue weighted by atomic mass is 10.1. The largest absolute Gasteiger partial charge is 0.269 e. The molecule has 5 nitrogen and oxygen atoms in total. The molecule has 32 heavy (non-hydrogen) atoms. The van der Waals surface area contributed by atoms with Gasteiger partial charge in [-0.15, -0.1) is 0 Å². The van der Waals surface area contributed by atoms with E-state index in [4.69, 9.17) is 11.6 Å². The van der Waals surface area contributed by atoms with Gasteiger partial charge in [0.15, 0.2) is 5.65 Å². The van der Waals surface area contributed by atoms with E-state index in [1.807, 2.05) is 31.2 Å². The number of aromatic nitrogens is 2. The van der Waals surface area contributed by atoms with Gasteiger partial charge in [0.05, 0.1) is 9.92 Å². The second kappa shape index (κ2) is 9.27. The van der Waals surface area contributed by atoms with E-state index >= 15 is 0 Å². The van der Waals surface area contributed by atoms with Crippen LogP contribution in [0.5, 0.6) is 0 Å². The highest BCUT2D eigenvalue weighted by Crippen LogP contribution is 2.40. The lowest BCUT2D eigenvalue weighted by molar-refractivity contribution is 0.525. The summed E-state index contributed by atoms with van der Waals surface area (Å²) in [7, 11) is -3.85. The SMILES string of the molecule is CCN(CC)Sc1ccccc1-c1cn(S(=O)(=O)c2ccc(C)cc2)c2nccc(Cl)c12. The quantitative estimate of drug-likeness (QED) is 0.289. The minimum absolute atomic E-state index is 0.208. The van der Waals surface area contributed by atoms with Crippen LogP contribution in [0.15, 0.2) is 76.8 Å². The van der Waals surface area contributed by atoms with Crippen molar-refractivity contribution in [3.05, 3.63) is 77.6 Å². The fourth-order valence-corrected chi connectivity index (χ4v) is 6.07. The van der Waals surface area contributed by atoms with Crippen LogP contribution in [0.3, 0.4) is 0 Å². The third-order valence-corrected chi connectivity index (χ3v) is 8.60. The molecular weight excluding hydrogens is 462 g/mol. The minimum atomic E-state index is -3.85. The Balaban J connectivity index is 1.96. The van der Waals surface area contributed by atoms with Gasteiger partial charge in [-0.05, 0) is 48.7 Å². The van der Waals surface area contributed by atoms with Crippen LogP contribution in [-0.4, -0.2) is 34.8 Å². The molecule has 166 valence electrons. The molecule has 0 spiro atoms. The van der Waals surface area contributed by atoms with Gasteiger partial charge < -0.3 is 0 Å². The van der Waals surface area contributed by atoms with Gasteiger partial charge in [-0.1, -0.05) is 61.3 Å². The van der Waals surface area contributed by atoms with Crippen molar-refractivity contribution in [3.8, 4) is 11.1 Å². The average molecular weight is 486 g/mol. The number of rotatable bonds is 7. The monoisotopic (exact) mass is 485 g/mol. The molecule has 2 heterocycles. The van der Waals surface area contributed by atoms with Crippen molar-refractivity contribution < 1.29 is 8.42 Å². The smallest absolute Gasteiger partial charge is 0.247 e. The zero-order chi connectivity index (χ0) is 22.9. The second-order valence-electron chi connectivity index (χ2n) is 7.35. The van der Waals surface area contributed by atoms with Crippen LogP contribution in [-0.2, 0) is 10.0 Å². The van der Waals surface area contributed by atoms with Crippen LogP contribution in [0.4, 0.5) is 0 Å². The highest BCUT2D eigenvalue weighted by atomic mass is 35.5. The van der Waals surface area contributed by atoms with Crippen molar-refractivity contribution >= 4 is 44.6 Å². The lowest BCUT2D eigenvalue weighted by Crippen LogP contribution is -2.13. The molecule has 0 unspecified atom stereocenters. The zero-order valence-corrected chi connectivity index (χ0v) is 20.5. The lowest BCUT2D eigenvalue weighted by Gasteiger charge is -2.18. The number of fused-ring (bicyclic) bond motifs is 1. The van der Waals surface area contributed by atoms with Gasteiger partial charge in [-0.2, -0.15) is 0 Å². The Labute approximate surface area is 198 Å². The van der Waals surface area contributed by atoms with E-state index in [-0.39, 0.29) is 4.90 Å². The van der Waals surface area contributed by atoms with Gasteiger partial charge in [0.25, 0.3) is 10.0 Å². The molecule has 4 rings (SSSR count). The van der Waals surface area contributed by atoms with Crippen molar-refractivity contribution in [2.75, 3.05) is 13.1 Å². The standard InChI is InChI=1S/C24H24ClN3O2S2/c1-4-27(5-2)31-22-9-7-6-8-19(22)20-16-28(24-23(20)21(25)14-15-26-24)32(29,30)18-12-10-17(3)11-13-18/h6-16H,4-5H2,1-3H3. The summed E-state index contributed by atoms with van der Waals surface area (Å²) in [5.41, 5.74) is 2.97. The van der Waals surface area contributed by atoms with E-state index in [1.165, 1.54) is 10.2 Å². The Hall–Kier alpha value is -2.32. The summed E-state index contributed by atoms with van der Waals surface area (Å²) < 4.78 is 30.6. The first-order valence-electron chi connectivity index (χ1n) is 10.4. The van der Waals surface area contributed by atoms with Crippen molar-refractivity contribution in [2.45, 2.75) is 30.6 Å². The molecule has 0 aliphatic carbocycles. The summed E-state index contributed by atoms with van der Waals surface area (Å²) in [6.45, 7) is 7.92. The molecule has 0 N–H and O–H groups in total. The van der Waals surface area contributed by atoms with Gasteiger partial charge in [0, 0.05) is 41.3 Å². The number of hydrogen-bond acceptors (Lipinski definition) is 5.